The normalized spacial score (nSPS) is 14.5. The van der Waals surface area contributed by atoms with Crippen LogP contribution in [-0.2, 0) is 6.54 Å². The summed E-state index contributed by atoms with van der Waals surface area (Å²) in [6.07, 6.45) is 0. The Morgan fingerprint density at radius 2 is 2.33 bits per heavy atom. The Hall–Kier alpha value is -1.89. The van der Waals surface area contributed by atoms with E-state index in [4.69, 9.17) is 11.8 Å². The summed E-state index contributed by atoms with van der Waals surface area (Å²) < 4.78 is 0.946. The molecule has 0 bridgehead atoms. The highest BCUT2D eigenvalue weighted by molar-refractivity contribution is 6.13. The van der Waals surface area contributed by atoms with Gasteiger partial charge in [0, 0.05) is 11.6 Å². The molecule has 0 N–H and O–H groups in total. The van der Waals surface area contributed by atoms with Crippen molar-refractivity contribution in [1.29, 1.82) is 0 Å². The van der Waals surface area contributed by atoms with Crippen LogP contribution in [0.1, 0.15) is 5.56 Å². The average molecular weight is 229 g/mol. The van der Waals surface area contributed by atoms with Crippen LogP contribution in [0.5, 0.6) is 0 Å². The summed E-state index contributed by atoms with van der Waals surface area (Å²) in [6, 6.07) is 3.99. The SMILES string of the molecule is O=[N+]([O-])c1ccc2c(c1)[N+]([O-])=NN(Cl)C2. The summed E-state index contributed by atoms with van der Waals surface area (Å²) in [7, 11) is 0. The molecular weight excluding hydrogens is 224 g/mol. The molecule has 15 heavy (non-hydrogen) atoms. The van der Waals surface area contributed by atoms with Crippen LogP contribution >= 0.6 is 11.8 Å². The van der Waals surface area contributed by atoms with Gasteiger partial charge in [0.1, 0.15) is 5.22 Å². The number of nitro benzene ring substituents is 1. The molecule has 78 valence electrons. The van der Waals surface area contributed by atoms with Gasteiger partial charge in [0.2, 0.25) is 0 Å². The van der Waals surface area contributed by atoms with E-state index in [-0.39, 0.29) is 22.8 Å². The number of non-ortho nitro benzene ring substituents is 1. The van der Waals surface area contributed by atoms with Gasteiger partial charge in [-0.3, -0.25) is 10.1 Å². The number of nitro groups is 1. The van der Waals surface area contributed by atoms with Crippen molar-refractivity contribution < 1.29 is 9.78 Å². The highest BCUT2D eigenvalue weighted by Crippen LogP contribution is 2.29. The quantitative estimate of drug-likeness (QED) is 0.242. The van der Waals surface area contributed by atoms with Crippen LogP contribution in [-0.4, -0.2) is 14.3 Å². The average Bonchev–Trinajstić information content (AvgIpc) is 2.16. The fourth-order valence-electron chi connectivity index (χ4n) is 1.29. The molecule has 1 aliphatic rings. The fraction of sp³-hybridized carbons (Fsp3) is 0.143. The van der Waals surface area contributed by atoms with Gasteiger partial charge in [-0.15, -0.1) is 4.86 Å². The standard InChI is InChI=1S/C7H5ClN4O3/c8-10-4-5-1-2-6(12(14)15)3-7(5)11(13)9-10/h1-3H,4H2. The Labute approximate surface area is 89.0 Å². The maximum atomic E-state index is 11.3. The maximum Gasteiger partial charge on any atom is 0.273 e. The lowest BCUT2D eigenvalue weighted by Gasteiger charge is -2.15. The zero-order valence-corrected chi connectivity index (χ0v) is 8.09. The molecule has 0 saturated carbocycles. The van der Waals surface area contributed by atoms with Crippen LogP contribution in [0.2, 0.25) is 0 Å². The van der Waals surface area contributed by atoms with E-state index < -0.39 is 4.92 Å². The van der Waals surface area contributed by atoms with Crippen molar-refractivity contribution in [2.75, 3.05) is 0 Å². The number of halogens is 1. The highest BCUT2D eigenvalue weighted by atomic mass is 35.5. The second kappa shape index (κ2) is 3.35. The minimum Gasteiger partial charge on any atom is -0.691 e. The van der Waals surface area contributed by atoms with E-state index in [1.165, 1.54) is 18.2 Å². The summed E-state index contributed by atoms with van der Waals surface area (Å²) >= 11 is 5.53. The lowest BCUT2D eigenvalue weighted by molar-refractivity contribution is -0.464. The van der Waals surface area contributed by atoms with Gasteiger partial charge in [0.05, 0.1) is 11.0 Å². The van der Waals surface area contributed by atoms with Crippen molar-refractivity contribution in [1.82, 2.24) is 4.53 Å². The van der Waals surface area contributed by atoms with Crippen molar-refractivity contribution in [2.24, 2.45) is 5.22 Å². The van der Waals surface area contributed by atoms with Crippen LogP contribution in [0.25, 0.3) is 0 Å². The van der Waals surface area contributed by atoms with Crippen LogP contribution < -0.4 is 0 Å². The molecule has 0 unspecified atom stereocenters. The second-order valence-electron chi connectivity index (χ2n) is 2.93. The second-order valence-corrected chi connectivity index (χ2v) is 3.32. The third kappa shape index (κ3) is 1.68. The van der Waals surface area contributed by atoms with Gasteiger partial charge in [-0.25, -0.2) is 0 Å². The van der Waals surface area contributed by atoms with Crippen molar-refractivity contribution in [3.63, 3.8) is 0 Å². The zero-order valence-electron chi connectivity index (χ0n) is 7.33. The Morgan fingerprint density at radius 1 is 1.60 bits per heavy atom. The first kappa shape index (κ1) is 9.66. The number of hydrogen-bond donors (Lipinski definition) is 0. The minimum atomic E-state index is -0.568. The number of nitrogens with zero attached hydrogens (tertiary/aromatic N) is 4. The van der Waals surface area contributed by atoms with Crippen molar-refractivity contribution in [3.8, 4) is 0 Å². The third-order valence-electron chi connectivity index (χ3n) is 1.96. The molecule has 1 aromatic rings. The number of fused-ring (bicyclic) bond motifs is 1. The van der Waals surface area contributed by atoms with Gasteiger partial charge in [0.15, 0.2) is 24.0 Å². The van der Waals surface area contributed by atoms with Gasteiger partial charge >= 0.3 is 0 Å². The molecule has 0 amide bonds. The molecule has 2 rings (SSSR count). The lowest BCUT2D eigenvalue weighted by Crippen LogP contribution is -2.15. The molecule has 0 radical (unpaired) electrons. The maximum absolute atomic E-state index is 11.3. The van der Waals surface area contributed by atoms with E-state index in [2.05, 4.69) is 5.22 Å². The number of benzene rings is 1. The molecule has 0 aliphatic carbocycles. The van der Waals surface area contributed by atoms with Gasteiger partial charge < -0.3 is 5.21 Å². The molecule has 0 spiro atoms. The molecule has 0 aromatic heterocycles. The number of rotatable bonds is 1. The van der Waals surface area contributed by atoms with Gasteiger partial charge in [0.25, 0.3) is 5.69 Å². The smallest absolute Gasteiger partial charge is 0.273 e. The molecule has 1 heterocycles. The van der Waals surface area contributed by atoms with Gasteiger partial charge in [-0.1, -0.05) is 4.53 Å². The van der Waals surface area contributed by atoms with E-state index in [0.717, 1.165) is 4.53 Å². The summed E-state index contributed by atoms with van der Waals surface area (Å²) in [5.41, 5.74) is 0.606. The van der Waals surface area contributed by atoms with Crippen LogP contribution in [0.15, 0.2) is 23.4 Å². The van der Waals surface area contributed by atoms with Crippen molar-refractivity contribution in [3.05, 3.63) is 39.1 Å². The van der Waals surface area contributed by atoms with E-state index >= 15 is 0 Å². The van der Waals surface area contributed by atoms with E-state index in [1.54, 1.807) is 0 Å². The first-order valence-corrected chi connectivity index (χ1v) is 4.31. The number of hydrogen-bond acceptors (Lipinski definition) is 5. The Kier molecular flexibility index (Phi) is 2.16. The summed E-state index contributed by atoms with van der Waals surface area (Å²) in [6.45, 7) is 0.244. The fourth-order valence-corrected chi connectivity index (χ4v) is 1.48. The first-order valence-electron chi connectivity index (χ1n) is 3.97. The summed E-state index contributed by atoms with van der Waals surface area (Å²) in [5, 5.41) is 25.1. The molecule has 1 aliphatic heterocycles. The van der Waals surface area contributed by atoms with Crippen molar-refractivity contribution in [2.45, 2.75) is 6.54 Å². The molecule has 1 aromatic carbocycles. The van der Waals surface area contributed by atoms with Crippen molar-refractivity contribution >= 4 is 23.2 Å². The molecule has 0 atom stereocenters. The topological polar surface area (TPSA) is 84.8 Å². The molecular formula is C7H5ClN4O3. The van der Waals surface area contributed by atoms with Gasteiger partial charge in [-0.2, -0.15) is 0 Å². The zero-order chi connectivity index (χ0) is 11.0. The third-order valence-corrected chi connectivity index (χ3v) is 2.15. The van der Waals surface area contributed by atoms with E-state index in [1.807, 2.05) is 0 Å². The monoisotopic (exact) mass is 228 g/mol. The first-order chi connectivity index (χ1) is 7.08. The highest BCUT2D eigenvalue weighted by Gasteiger charge is 2.23. The predicted molar refractivity (Wildman–Crippen MR) is 50.2 cm³/mol. The largest absolute Gasteiger partial charge is 0.691 e. The molecule has 8 heteroatoms. The Morgan fingerprint density at radius 3 is 3.00 bits per heavy atom. The Balaban J connectivity index is 2.52. The van der Waals surface area contributed by atoms with Crippen LogP contribution in [0.3, 0.4) is 0 Å². The predicted octanol–water partition coefficient (Wildman–Crippen LogP) is 2.07. The van der Waals surface area contributed by atoms with E-state index in [0.29, 0.717) is 5.56 Å². The lowest BCUT2D eigenvalue weighted by atomic mass is 10.1. The van der Waals surface area contributed by atoms with E-state index in [9.17, 15) is 15.3 Å². The molecule has 0 saturated heterocycles. The van der Waals surface area contributed by atoms with Crippen LogP contribution in [0, 0.1) is 15.3 Å². The summed E-state index contributed by atoms with van der Waals surface area (Å²) in [5.74, 6) is 0. The van der Waals surface area contributed by atoms with Crippen LogP contribution in [0.4, 0.5) is 11.4 Å². The molecule has 7 nitrogen and oxygen atoms in total. The Bertz CT molecular complexity index is 462. The minimum absolute atomic E-state index is 0.146. The summed E-state index contributed by atoms with van der Waals surface area (Å²) in [4.78, 5) is 10.2. The molecule has 0 fully saturated rings. The van der Waals surface area contributed by atoms with Gasteiger partial charge in [-0.05, 0) is 6.07 Å².